The second-order valence-electron chi connectivity index (χ2n) is 4.65. The summed E-state index contributed by atoms with van der Waals surface area (Å²) in [5.41, 5.74) is 2.74. The molecule has 0 spiro atoms. The number of aryl methyl sites for hydroxylation is 1. The number of nitrogens with zero attached hydrogens (tertiary/aromatic N) is 2. The lowest BCUT2D eigenvalue weighted by Gasteiger charge is -2.11. The van der Waals surface area contributed by atoms with Crippen LogP contribution in [0.2, 0.25) is 0 Å². The van der Waals surface area contributed by atoms with Crippen LogP contribution in [0.4, 0.5) is 0 Å². The maximum Gasteiger partial charge on any atom is 0.207 e. The molecule has 0 saturated carbocycles. The minimum Gasteiger partial charge on any atom is -0.354 e. The van der Waals surface area contributed by atoms with E-state index in [0.717, 1.165) is 17.0 Å². The smallest absolute Gasteiger partial charge is 0.207 e. The molecule has 1 N–H and O–H groups in total. The van der Waals surface area contributed by atoms with Gasteiger partial charge in [0.15, 0.2) is 9.84 Å². The van der Waals surface area contributed by atoms with Crippen LogP contribution in [0, 0.1) is 13.8 Å². The summed E-state index contributed by atoms with van der Waals surface area (Å²) in [6, 6.07) is -0.0707. The number of hydrogen-bond donors (Lipinski definition) is 1. The minimum absolute atomic E-state index is 0.0707. The van der Waals surface area contributed by atoms with Crippen molar-refractivity contribution < 1.29 is 13.2 Å². The third-order valence-electron chi connectivity index (χ3n) is 3.39. The molecule has 2 rings (SSSR count). The molecular formula is C11H17N3O3S. The zero-order chi connectivity index (χ0) is 13.3. The van der Waals surface area contributed by atoms with Crippen LogP contribution in [0.3, 0.4) is 0 Å². The Bertz CT molecular complexity index is 562. The molecule has 0 aliphatic carbocycles. The van der Waals surface area contributed by atoms with Crippen molar-refractivity contribution in [1.29, 1.82) is 0 Å². The van der Waals surface area contributed by atoms with E-state index < -0.39 is 9.84 Å². The van der Waals surface area contributed by atoms with E-state index in [1.807, 2.05) is 13.8 Å². The fourth-order valence-electron chi connectivity index (χ4n) is 2.42. The van der Waals surface area contributed by atoms with Crippen LogP contribution in [0.5, 0.6) is 0 Å². The van der Waals surface area contributed by atoms with E-state index in [2.05, 4.69) is 10.4 Å². The summed E-state index contributed by atoms with van der Waals surface area (Å²) in [4.78, 5) is 10.3. The van der Waals surface area contributed by atoms with Gasteiger partial charge in [0, 0.05) is 17.8 Å². The molecule has 18 heavy (non-hydrogen) atoms. The molecule has 1 aromatic rings. The van der Waals surface area contributed by atoms with Crippen LogP contribution in [0.1, 0.15) is 29.4 Å². The van der Waals surface area contributed by atoms with Crippen LogP contribution in [0.15, 0.2) is 0 Å². The van der Waals surface area contributed by atoms with Gasteiger partial charge in [-0.15, -0.1) is 0 Å². The van der Waals surface area contributed by atoms with Gasteiger partial charge in [0.25, 0.3) is 0 Å². The lowest BCUT2D eigenvalue weighted by atomic mass is 10.2. The predicted molar refractivity (Wildman–Crippen MR) is 66.9 cm³/mol. The van der Waals surface area contributed by atoms with Gasteiger partial charge in [0.05, 0.1) is 23.2 Å². The number of amides is 1. The van der Waals surface area contributed by atoms with Crippen molar-refractivity contribution in [2.24, 2.45) is 0 Å². The Balaban J connectivity index is 2.27. The molecule has 1 atom stereocenters. The van der Waals surface area contributed by atoms with Gasteiger partial charge in [-0.25, -0.2) is 8.42 Å². The largest absolute Gasteiger partial charge is 0.354 e. The highest BCUT2D eigenvalue weighted by Crippen LogP contribution is 2.26. The first-order chi connectivity index (χ1) is 8.44. The molecule has 0 aromatic carbocycles. The topological polar surface area (TPSA) is 81.1 Å². The van der Waals surface area contributed by atoms with Crippen molar-refractivity contribution in [2.75, 3.05) is 11.5 Å². The molecule has 1 aliphatic heterocycles. The zero-order valence-electron chi connectivity index (χ0n) is 10.5. The van der Waals surface area contributed by atoms with E-state index in [4.69, 9.17) is 0 Å². The quantitative estimate of drug-likeness (QED) is 0.788. The summed E-state index contributed by atoms with van der Waals surface area (Å²) in [5, 5.41) is 7.02. The van der Waals surface area contributed by atoms with E-state index in [9.17, 15) is 13.2 Å². The molecule has 1 aromatic heterocycles. The molecule has 6 nitrogen and oxygen atoms in total. The number of carbonyl (C=O) groups excluding carboxylic acids is 1. The molecule has 0 radical (unpaired) electrons. The van der Waals surface area contributed by atoms with Crippen LogP contribution in [-0.2, 0) is 21.2 Å². The van der Waals surface area contributed by atoms with Crippen molar-refractivity contribution in [1.82, 2.24) is 15.1 Å². The molecule has 1 saturated heterocycles. The number of carbonyl (C=O) groups is 1. The third-order valence-corrected chi connectivity index (χ3v) is 5.14. The summed E-state index contributed by atoms with van der Waals surface area (Å²) in [5.74, 6) is 0.396. The number of hydrogen-bond acceptors (Lipinski definition) is 4. The van der Waals surface area contributed by atoms with Crippen molar-refractivity contribution >= 4 is 16.2 Å². The summed E-state index contributed by atoms with van der Waals surface area (Å²) in [6.07, 6.45) is 1.26. The first-order valence-corrected chi connectivity index (χ1v) is 7.69. The first-order valence-electron chi connectivity index (χ1n) is 5.86. The first kappa shape index (κ1) is 13.1. The average molecular weight is 271 g/mol. The minimum atomic E-state index is -2.91. The van der Waals surface area contributed by atoms with Gasteiger partial charge in [0.2, 0.25) is 6.41 Å². The van der Waals surface area contributed by atoms with Gasteiger partial charge in [-0.3, -0.25) is 9.48 Å². The van der Waals surface area contributed by atoms with Gasteiger partial charge in [0.1, 0.15) is 0 Å². The predicted octanol–water partition coefficient (Wildman–Crippen LogP) is 0.106. The lowest BCUT2D eigenvalue weighted by molar-refractivity contribution is -0.109. The van der Waals surface area contributed by atoms with Crippen LogP contribution in [0.25, 0.3) is 0 Å². The number of rotatable bonds is 4. The Morgan fingerprint density at radius 1 is 1.50 bits per heavy atom. The second kappa shape index (κ2) is 4.72. The molecule has 0 unspecified atom stereocenters. The normalized spacial score (nSPS) is 22.0. The van der Waals surface area contributed by atoms with Crippen LogP contribution in [-0.4, -0.2) is 36.1 Å². The molecule has 1 aliphatic rings. The standard InChI is InChI=1S/C11H17N3O3S/c1-8-11(5-12-7-15)9(2)14(13-8)10-3-4-18(16,17)6-10/h7,10H,3-6H2,1-2H3,(H,12,15)/t10-/m1/s1. The van der Waals surface area contributed by atoms with Crippen LogP contribution < -0.4 is 5.32 Å². The van der Waals surface area contributed by atoms with Gasteiger partial charge >= 0.3 is 0 Å². The van der Waals surface area contributed by atoms with Gasteiger partial charge in [-0.05, 0) is 20.3 Å². The molecule has 7 heteroatoms. The Kier molecular flexibility index (Phi) is 3.43. The van der Waals surface area contributed by atoms with Crippen molar-refractivity contribution in [2.45, 2.75) is 32.9 Å². The fraction of sp³-hybridized carbons (Fsp3) is 0.636. The molecular weight excluding hydrogens is 254 g/mol. The van der Waals surface area contributed by atoms with Crippen molar-refractivity contribution in [3.63, 3.8) is 0 Å². The summed E-state index contributed by atoms with van der Waals surface area (Å²) >= 11 is 0. The second-order valence-corrected chi connectivity index (χ2v) is 6.88. The van der Waals surface area contributed by atoms with E-state index in [1.54, 1.807) is 4.68 Å². The Morgan fingerprint density at radius 2 is 2.22 bits per heavy atom. The summed E-state index contributed by atoms with van der Waals surface area (Å²) in [7, 11) is -2.91. The SMILES string of the molecule is Cc1nn([C@@H]2CCS(=O)(=O)C2)c(C)c1CNC=O. The maximum atomic E-state index is 11.5. The Hall–Kier alpha value is -1.37. The number of nitrogens with one attached hydrogen (secondary N) is 1. The number of sulfone groups is 1. The van der Waals surface area contributed by atoms with Gasteiger partial charge < -0.3 is 5.32 Å². The Morgan fingerprint density at radius 3 is 2.78 bits per heavy atom. The van der Waals surface area contributed by atoms with E-state index >= 15 is 0 Å². The van der Waals surface area contributed by atoms with Gasteiger partial charge in [-0.2, -0.15) is 5.10 Å². The molecule has 2 heterocycles. The molecule has 1 fully saturated rings. The van der Waals surface area contributed by atoms with Crippen LogP contribution >= 0.6 is 0 Å². The third kappa shape index (κ3) is 2.40. The van der Waals surface area contributed by atoms with E-state index in [0.29, 0.717) is 19.4 Å². The highest BCUT2D eigenvalue weighted by molar-refractivity contribution is 7.91. The fourth-order valence-corrected chi connectivity index (χ4v) is 4.11. The monoisotopic (exact) mass is 271 g/mol. The van der Waals surface area contributed by atoms with Gasteiger partial charge in [-0.1, -0.05) is 0 Å². The van der Waals surface area contributed by atoms with Crippen molar-refractivity contribution in [3.8, 4) is 0 Å². The summed E-state index contributed by atoms with van der Waals surface area (Å²) < 4.78 is 24.8. The highest BCUT2D eigenvalue weighted by Gasteiger charge is 2.31. The maximum absolute atomic E-state index is 11.5. The highest BCUT2D eigenvalue weighted by atomic mass is 32.2. The number of aromatic nitrogens is 2. The van der Waals surface area contributed by atoms with E-state index in [-0.39, 0.29) is 17.5 Å². The Labute approximate surface area is 106 Å². The van der Waals surface area contributed by atoms with E-state index in [1.165, 1.54) is 0 Å². The molecule has 100 valence electrons. The van der Waals surface area contributed by atoms with Crippen molar-refractivity contribution in [3.05, 3.63) is 17.0 Å². The molecule has 0 bridgehead atoms. The molecule has 1 amide bonds. The summed E-state index contributed by atoms with van der Waals surface area (Å²) in [6.45, 7) is 4.21. The average Bonchev–Trinajstić information content (AvgIpc) is 2.78. The lowest BCUT2D eigenvalue weighted by Crippen LogP contribution is -2.15. The zero-order valence-corrected chi connectivity index (χ0v) is 11.3.